The number of rotatable bonds is 8. The molecular formula is C19H30FIN4OS. The van der Waals surface area contributed by atoms with Crippen molar-refractivity contribution in [3.8, 4) is 0 Å². The highest BCUT2D eigenvalue weighted by Crippen LogP contribution is 2.18. The number of nitrogens with zero attached hydrogens (tertiary/aromatic N) is 1. The van der Waals surface area contributed by atoms with Crippen LogP contribution in [0.3, 0.4) is 0 Å². The van der Waals surface area contributed by atoms with Crippen molar-refractivity contribution in [1.82, 2.24) is 16.0 Å². The van der Waals surface area contributed by atoms with Crippen molar-refractivity contribution in [1.29, 1.82) is 0 Å². The average Bonchev–Trinajstić information content (AvgIpc) is 2.66. The molecule has 0 aromatic heterocycles. The van der Waals surface area contributed by atoms with E-state index in [0.717, 1.165) is 36.5 Å². The molecule has 152 valence electrons. The van der Waals surface area contributed by atoms with Crippen molar-refractivity contribution in [2.75, 3.05) is 25.9 Å². The fourth-order valence-electron chi connectivity index (χ4n) is 2.91. The lowest BCUT2D eigenvalue weighted by Gasteiger charge is -2.23. The predicted octanol–water partition coefficient (Wildman–Crippen LogP) is 3.54. The molecule has 8 heteroatoms. The summed E-state index contributed by atoms with van der Waals surface area (Å²) >= 11 is 1.69. The second-order valence-corrected chi connectivity index (χ2v) is 7.58. The van der Waals surface area contributed by atoms with Crippen LogP contribution in [0.1, 0.15) is 38.5 Å². The number of benzene rings is 1. The van der Waals surface area contributed by atoms with E-state index in [4.69, 9.17) is 0 Å². The van der Waals surface area contributed by atoms with Crippen LogP contribution in [0.5, 0.6) is 0 Å². The number of aliphatic imine (C=N–C) groups is 1. The first kappa shape index (κ1) is 24.0. The third-order valence-corrected chi connectivity index (χ3v) is 5.40. The minimum Gasteiger partial charge on any atom is -0.356 e. The van der Waals surface area contributed by atoms with E-state index in [1.165, 1.54) is 31.4 Å². The number of hydrogen-bond donors (Lipinski definition) is 3. The third-order valence-electron chi connectivity index (χ3n) is 4.31. The molecule has 0 saturated heterocycles. The molecule has 1 amide bonds. The van der Waals surface area contributed by atoms with Gasteiger partial charge in [-0.25, -0.2) is 4.39 Å². The molecule has 0 bridgehead atoms. The number of halogens is 2. The fourth-order valence-corrected chi connectivity index (χ4v) is 3.76. The molecule has 1 aromatic carbocycles. The van der Waals surface area contributed by atoms with E-state index in [1.54, 1.807) is 30.9 Å². The highest BCUT2D eigenvalue weighted by Gasteiger charge is 2.15. The number of thioether (sulfide) groups is 1. The Hall–Kier alpha value is -1.03. The quantitative estimate of drug-likeness (QED) is 0.165. The van der Waals surface area contributed by atoms with Crippen molar-refractivity contribution in [2.45, 2.75) is 49.5 Å². The first-order valence-corrected chi connectivity index (χ1v) is 10.3. The SMILES string of the molecule is CN=C(NCCCSc1ccc(F)cc1)NCC(=O)NC1CCCCC1.I. The van der Waals surface area contributed by atoms with E-state index in [0.29, 0.717) is 12.0 Å². The van der Waals surface area contributed by atoms with Crippen LogP contribution >= 0.6 is 35.7 Å². The number of amides is 1. The Labute approximate surface area is 182 Å². The van der Waals surface area contributed by atoms with E-state index >= 15 is 0 Å². The standard InChI is InChI=1S/C19H29FN4OS.HI/c1-21-19(23-14-18(25)24-16-6-3-2-4-7-16)22-12-5-13-26-17-10-8-15(20)9-11-17;/h8-11,16H,2-7,12-14H2,1H3,(H,24,25)(H2,21,22,23);1H. The van der Waals surface area contributed by atoms with E-state index in [1.807, 2.05) is 0 Å². The van der Waals surface area contributed by atoms with E-state index in [9.17, 15) is 9.18 Å². The second-order valence-electron chi connectivity index (χ2n) is 6.41. The Balaban J connectivity index is 0.00000364. The topological polar surface area (TPSA) is 65.5 Å². The van der Waals surface area contributed by atoms with Gasteiger partial charge in [-0.15, -0.1) is 35.7 Å². The summed E-state index contributed by atoms with van der Waals surface area (Å²) in [6.07, 6.45) is 6.81. The van der Waals surface area contributed by atoms with Gasteiger partial charge in [0.2, 0.25) is 5.91 Å². The molecule has 3 N–H and O–H groups in total. The fraction of sp³-hybridized carbons (Fsp3) is 0.579. The minimum atomic E-state index is -0.210. The number of guanidine groups is 1. The van der Waals surface area contributed by atoms with Crippen molar-refractivity contribution in [3.63, 3.8) is 0 Å². The largest absolute Gasteiger partial charge is 0.356 e. The molecule has 1 saturated carbocycles. The third kappa shape index (κ3) is 10.2. The molecule has 27 heavy (non-hydrogen) atoms. The molecule has 1 aliphatic carbocycles. The molecule has 0 heterocycles. The summed E-state index contributed by atoms with van der Waals surface area (Å²) in [6, 6.07) is 6.86. The minimum absolute atomic E-state index is 0. The molecule has 1 fully saturated rings. The van der Waals surface area contributed by atoms with Crippen LogP contribution in [0.4, 0.5) is 4.39 Å². The summed E-state index contributed by atoms with van der Waals surface area (Å²) < 4.78 is 12.9. The zero-order valence-corrected chi connectivity index (χ0v) is 18.9. The smallest absolute Gasteiger partial charge is 0.239 e. The maximum Gasteiger partial charge on any atom is 0.239 e. The van der Waals surface area contributed by atoms with Gasteiger partial charge in [-0.2, -0.15) is 0 Å². The normalized spacial score (nSPS) is 15.0. The first-order valence-electron chi connectivity index (χ1n) is 9.29. The summed E-state index contributed by atoms with van der Waals surface area (Å²) in [4.78, 5) is 17.2. The van der Waals surface area contributed by atoms with Crippen LogP contribution in [0.25, 0.3) is 0 Å². The lowest BCUT2D eigenvalue weighted by molar-refractivity contribution is -0.120. The zero-order chi connectivity index (χ0) is 18.6. The van der Waals surface area contributed by atoms with Crippen LogP contribution in [-0.2, 0) is 4.79 Å². The van der Waals surface area contributed by atoms with Gasteiger partial charge in [0.25, 0.3) is 0 Å². The van der Waals surface area contributed by atoms with Crippen molar-refractivity contribution in [3.05, 3.63) is 30.1 Å². The first-order chi connectivity index (χ1) is 12.7. The molecular weight excluding hydrogens is 478 g/mol. The second kappa shape index (κ2) is 14.0. The Bertz CT molecular complexity index is 580. The highest BCUT2D eigenvalue weighted by atomic mass is 127. The Kier molecular flexibility index (Phi) is 12.5. The van der Waals surface area contributed by atoms with Crippen LogP contribution in [-0.4, -0.2) is 43.8 Å². The van der Waals surface area contributed by atoms with E-state index < -0.39 is 0 Å². The summed E-state index contributed by atoms with van der Waals surface area (Å²) in [5.41, 5.74) is 0. The molecule has 5 nitrogen and oxygen atoms in total. The maximum atomic E-state index is 12.9. The molecule has 0 aliphatic heterocycles. The van der Waals surface area contributed by atoms with Gasteiger partial charge in [0.1, 0.15) is 5.82 Å². The van der Waals surface area contributed by atoms with Crippen molar-refractivity contribution >= 4 is 47.6 Å². The number of carbonyl (C=O) groups excluding carboxylic acids is 1. The van der Waals surface area contributed by atoms with Gasteiger partial charge in [0.15, 0.2) is 5.96 Å². The number of hydrogen-bond acceptors (Lipinski definition) is 3. The van der Waals surface area contributed by atoms with Crippen LogP contribution in [0.2, 0.25) is 0 Å². The van der Waals surface area contributed by atoms with Crippen LogP contribution < -0.4 is 16.0 Å². The Morgan fingerprint density at radius 3 is 2.56 bits per heavy atom. The molecule has 0 unspecified atom stereocenters. The van der Waals surface area contributed by atoms with Crippen molar-refractivity contribution < 1.29 is 9.18 Å². The maximum absolute atomic E-state index is 12.9. The molecule has 1 aromatic rings. The van der Waals surface area contributed by atoms with Gasteiger partial charge in [0.05, 0.1) is 6.54 Å². The molecule has 0 radical (unpaired) electrons. The highest BCUT2D eigenvalue weighted by molar-refractivity contribution is 14.0. The van der Waals surface area contributed by atoms with Gasteiger partial charge < -0.3 is 16.0 Å². The lowest BCUT2D eigenvalue weighted by Crippen LogP contribution is -2.46. The monoisotopic (exact) mass is 508 g/mol. The zero-order valence-electron chi connectivity index (χ0n) is 15.8. The van der Waals surface area contributed by atoms with Gasteiger partial charge in [-0.05, 0) is 49.3 Å². The summed E-state index contributed by atoms with van der Waals surface area (Å²) in [7, 11) is 1.70. The van der Waals surface area contributed by atoms with E-state index in [2.05, 4.69) is 20.9 Å². The molecule has 1 aliphatic rings. The van der Waals surface area contributed by atoms with Gasteiger partial charge in [-0.1, -0.05) is 19.3 Å². The Morgan fingerprint density at radius 2 is 1.89 bits per heavy atom. The van der Waals surface area contributed by atoms with Crippen LogP contribution in [0.15, 0.2) is 34.2 Å². The summed E-state index contributed by atoms with van der Waals surface area (Å²) in [6.45, 7) is 0.999. The lowest BCUT2D eigenvalue weighted by atomic mass is 9.95. The van der Waals surface area contributed by atoms with Gasteiger partial charge in [0, 0.05) is 24.5 Å². The summed E-state index contributed by atoms with van der Waals surface area (Å²) in [5.74, 6) is 1.37. The molecule has 0 atom stereocenters. The van der Waals surface area contributed by atoms with Gasteiger partial charge in [-0.3, -0.25) is 9.79 Å². The number of carbonyl (C=O) groups is 1. The number of nitrogens with one attached hydrogen (secondary N) is 3. The van der Waals surface area contributed by atoms with Crippen molar-refractivity contribution in [2.24, 2.45) is 4.99 Å². The van der Waals surface area contributed by atoms with Crippen LogP contribution in [0, 0.1) is 5.82 Å². The molecule has 0 spiro atoms. The van der Waals surface area contributed by atoms with E-state index in [-0.39, 0.29) is 42.2 Å². The Morgan fingerprint density at radius 1 is 1.19 bits per heavy atom. The predicted molar refractivity (Wildman–Crippen MR) is 122 cm³/mol. The summed E-state index contributed by atoms with van der Waals surface area (Å²) in [5, 5.41) is 9.34. The average molecular weight is 508 g/mol. The molecule has 2 rings (SSSR count). The van der Waals surface area contributed by atoms with Gasteiger partial charge >= 0.3 is 0 Å².